The first kappa shape index (κ1) is 14.5. The average molecular weight is 342 g/mol. The van der Waals surface area contributed by atoms with Gasteiger partial charge in [-0.15, -0.1) is 0 Å². The van der Waals surface area contributed by atoms with Crippen molar-refractivity contribution < 1.29 is 4.42 Å². The molecular formula is C19H14N6O. The van der Waals surface area contributed by atoms with E-state index in [1.165, 1.54) is 6.39 Å². The Morgan fingerprint density at radius 1 is 1.04 bits per heavy atom. The summed E-state index contributed by atoms with van der Waals surface area (Å²) in [7, 11) is 0. The molecule has 26 heavy (non-hydrogen) atoms. The van der Waals surface area contributed by atoms with E-state index in [1.807, 2.05) is 65.5 Å². The van der Waals surface area contributed by atoms with Crippen molar-refractivity contribution in [3.8, 4) is 16.9 Å². The second kappa shape index (κ2) is 5.89. The van der Waals surface area contributed by atoms with E-state index < -0.39 is 0 Å². The molecule has 5 aromatic rings. The maximum Gasteiger partial charge on any atom is 0.181 e. The van der Waals surface area contributed by atoms with Gasteiger partial charge in [0.05, 0.1) is 11.4 Å². The Bertz CT molecular complexity index is 1150. The number of aromatic nitrogens is 5. The van der Waals surface area contributed by atoms with Crippen LogP contribution in [0.25, 0.3) is 28.0 Å². The fourth-order valence-corrected chi connectivity index (χ4v) is 2.83. The Kier molecular flexibility index (Phi) is 3.28. The molecule has 0 fully saturated rings. The molecule has 0 unspecified atom stereocenters. The summed E-state index contributed by atoms with van der Waals surface area (Å²) in [6.07, 6.45) is 5.12. The normalized spacial score (nSPS) is 11.1. The maximum atomic E-state index is 5.25. The van der Waals surface area contributed by atoms with Gasteiger partial charge in [-0.05, 0) is 42.0 Å². The van der Waals surface area contributed by atoms with Crippen LogP contribution in [0.15, 0.2) is 77.8 Å². The van der Waals surface area contributed by atoms with E-state index in [0.717, 1.165) is 39.5 Å². The van der Waals surface area contributed by atoms with E-state index >= 15 is 0 Å². The molecule has 2 N–H and O–H groups in total. The number of H-pyrrole nitrogens is 1. The number of fused-ring (bicyclic) bond motifs is 1. The quantitative estimate of drug-likeness (QED) is 0.512. The number of hydrogen-bond acceptors (Lipinski definition) is 5. The molecule has 2 aromatic carbocycles. The van der Waals surface area contributed by atoms with Gasteiger partial charge in [-0.1, -0.05) is 12.1 Å². The second-order valence-corrected chi connectivity index (χ2v) is 5.82. The molecule has 3 heterocycles. The zero-order chi connectivity index (χ0) is 17.3. The van der Waals surface area contributed by atoms with Gasteiger partial charge in [0.1, 0.15) is 5.52 Å². The number of aromatic amines is 1. The monoisotopic (exact) mass is 342 g/mol. The molecule has 3 aromatic heterocycles. The van der Waals surface area contributed by atoms with Crippen LogP contribution in [-0.4, -0.2) is 25.0 Å². The number of rotatable bonds is 4. The topological polar surface area (TPSA) is 84.6 Å². The molecule has 126 valence electrons. The molecule has 0 radical (unpaired) electrons. The van der Waals surface area contributed by atoms with Crippen LogP contribution in [0.2, 0.25) is 0 Å². The van der Waals surface area contributed by atoms with E-state index in [4.69, 9.17) is 4.42 Å². The van der Waals surface area contributed by atoms with E-state index in [-0.39, 0.29) is 0 Å². The minimum atomic E-state index is 0.735. The highest BCUT2D eigenvalue weighted by Gasteiger charge is 2.06. The highest BCUT2D eigenvalue weighted by Crippen LogP contribution is 2.24. The lowest BCUT2D eigenvalue weighted by molar-refractivity contribution is 0.602. The van der Waals surface area contributed by atoms with Gasteiger partial charge in [0.2, 0.25) is 0 Å². The standard InChI is InChI=1S/C19H14N6O/c1-8-21-25(9-1)15-5-2-13(3-6-15)16-11-19(24-23-16)22-14-4-7-18-17(10-14)20-12-26-18/h1-12H,(H2,22,23,24). The van der Waals surface area contributed by atoms with Crippen LogP contribution in [0.4, 0.5) is 11.5 Å². The van der Waals surface area contributed by atoms with E-state index in [9.17, 15) is 0 Å². The molecule has 0 saturated carbocycles. The number of anilines is 2. The Morgan fingerprint density at radius 3 is 2.81 bits per heavy atom. The maximum absolute atomic E-state index is 5.25. The summed E-state index contributed by atoms with van der Waals surface area (Å²) in [4.78, 5) is 4.16. The molecule has 0 aliphatic rings. The summed E-state index contributed by atoms with van der Waals surface area (Å²) in [5.41, 5.74) is 5.46. The second-order valence-electron chi connectivity index (χ2n) is 5.82. The molecule has 7 heteroatoms. The third-order valence-electron chi connectivity index (χ3n) is 4.13. The molecule has 5 rings (SSSR count). The van der Waals surface area contributed by atoms with Crippen molar-refractivity contribution in [3.63, 3.8) is 0 Å². The van der Waals surface area contributed by atoms with Gasteiger partial charge < -0.3 is 9.73 Å². The largest absolute Gasteiger partial charge is 0.443 e. The number of oxazole rings is 1. The highest BCUT2D eigenvalue weighted by atomic mass is 16.3. The van der Waals surface area contributed by atoms with E-state index in [2.05, 4.69) is 25.6 Å². The van der Waals surface area contributed by atoms with Crippen molar-refractivity contribution in [1.82, 2.24) is 25.0 Å². The van der Waals surface area contributed by atoms with Gasteiger partial charge in [-0.25, -0.2) is 9.67 Å². The van der Waals surface area contributed by atoms with Crippen molar-refractivity contribution in [1.29, 1.82) is 0 Å². The van der Waals surface area contributed by atoms with Crippen LogP contribution in [0, 0.1) is 0 Å². The van der Waals surface area contributed by atoms with E-state index in [0.29, 0.717) is 0 Å². The molecule has 0 bridgehead atoms. The molecule has 0 saturated heterocycles. The predicted molar refractivity (Wildman–Crippen MR) is 98.4 cm³/mol. The lowest BCUT2D eigenvalue weighted by atomic mass is 10.1. The Hall–Kier alpha value is -3.87. The zero-order valence-corrected chi connectivity index (χ0v) is 13.6. The van der Waals surface area contributed by atoms with Gasteiger partial charge in [0.15, 0.2) is 17.8 Å². The molecule has 0 spiro atoms. The van der Waals surface area contributed by atoms with Crippen LogP contribution in [-0.2, 0) is 0 Å². The number of benzene rings is 2. The highest BCUT2D eigenvalue weighted by molar-refractivity contribution is 5.78. The van der Waals surface area contributed by atoms with Crippen molar-refractivity contribution >= 4 is 22.6 Å². The van der Waals surface area contributed by atoms with Gasteiger partial charge >= 0.3 is 0 Å². The molecule has 0 atom stereocenters. The summed E-state index contributed by atoms with van der Waals surface area (Å²) in [5.74, 6) is 0.735. The van der Waals surface area contributed by atoms with Crippen molar-refractivity contribution in [2.45, 2.75) is 0 Å². The van der Waals surface area contributed by atoms with Crippen LogP contribution < -0.4 is 5.32 Å². The molecular weight excluding hydrogens is 328 g/mol. The lowest BCUT2D eigenvalue weighted by Crippen LogP contribution is -1.93. The smallest absolute Gasteiger partial charge is 0.181 e. The average Bonchev–Trinajstić information content (AvgIpc) is 3.43. The third-order valence-corrected chi connectivity index (χ3v) is 4.13. The van der Waals surface area contributed by atoms with Gasteiger partial charge in [-0.3, -0.25) is 5.10 Å². The number of nitrogens with zero attached hydrogens (tertiary/aromatic N) is 4. The minimum absolute atomic E-state index is 0.735. The van der Waals surface area contributed by atoms with Crippen LogP contribution >= 0.6 is 0 Å². The van der Waals surface area contributed by atoms with E-state index in [1.54, 1.807) is 6.20 Å². The Labute approximate surface area is 148 Å². The lowest BCUT2D eigenvalue weighted by Gasteiger charge is -2.03. The van der Waals surface area contributed by atoms with Crippen LogP contribution in [0.1, 0.15) is 0 Å². The molecule has 0 aliphatic heterocycles. The molecule has 0 amide bonds. The number of hydrogen-bond donors (Lipinski definition) is 2. The third kappa shape index (κ3) is 2.61. The predicted octanol–water partition coefficient (Wildman–Crippen LogP) is 4.15. The summed E-state index contributed by atoms with van der Waals surface area (Å²) in [5, 5.41) is 14.9. The first-order valence-corrected chi connectivity index (χ1v) is 8.11. The minimum Gasteiger partial charge on any atom is -0.443 e. The van der Waals surface area contributed by atoms with Crippen molar-refractivity contribution in [3.05, 3.63) is 73.4 Å². The van der Waals surface area contributed by atoms with Gasteiger partial charge in [0.25, 0.3) is 0 Å². The SMILES string of the molecule is c1cnn(-c2ccc(-c3cc(Nc4ccc5ocnc5c4)n[nH]3)cc2)c1. The Morgan fingerprint density at radius 2 is 1.96 bits per heavy atom. The summed E-state index contributed by atoms with van der Waals surface area (Å²) < 4.78 is 7.08. The summed E-state index contributed by atoms with van der Waals surface area (Å²) in [6, 6.07) is 17.7. The van der Waals surface area contributed by atoms with Crippen molar-refractivity contribution in [2.24, 2.45) is 0 Å². The van der Waals surface area contributed by atoms with Crippen LogP contribution in [0.3, 0.4) is 0 Å². The van der Waals surface area contributed by atoms with Gasteiger partial charge in [-0.2, -0.15) is 10.2 Å². The summed E-state index contributed by atoms with van der Waals surface area (Å²) in [6.45, 7) is 0. The van der Waals surface area contributed by atoms with Gasteiger partial charge in [0, 0.05) is 24.1 Å². The molecule has 0 aliphatic carbocycles. The number of nitrogens with one attached hydrogen (secondary N) is 2. The van der Waals surface area contributed by atoms with Crippen molar-refractivity contribution in [2.75, 3.05) is 5.32 Å². The zero-order valence-electron chi connectivity index (χ0n) is 13.6. The first-order chi connectivity index (χ1) is 12.8. The fraction of sp³-hybridized carbons (Fsp3) is 0. The Balaban J connectivity index is 1.37. The molecule has 7 nitrogen and oxygen atoms in total. The fourth-order valence-electron chi connectivity index (χ4n) is 2.83. The van der Waals surface area contributed by atoms with Crippen LogP contribution in [0.5, 0.6) is 0 Å². The summed E-state index contributed by atoms with van der Waals surface area (Å²) >= 11 is 0. The first-order valence-electron chi connectivity index (χ1n) is 8.11.